The van der Waals surface area contributed by atoms with Crippen LogP contribution in [0.25, 0.3) is 0 Å². The summed E-state index contributed by atoms with van der Waals surface area (Å²) in [6.45, 7) is 8.57. The smallest absolute Gasteiger partial charge is 0.337 e. The highest BCUT2D eigenvalue weighted by Gasteiger charge is 2.14. The van der Waals surface area contributed by atoms with Crippen molar-refractivity contribution >= 4 is 14.0 Å². The summed E-state index contributed by atoms with van der Waals surface area (Å²) >= 11 is 0. The van der Waals surface area contributed by atoms with Crippen molar-refractivity contribution in [3.8, 4) is 5.75 Å². The van der Waals surface area contributed by atoms with Crippen LogP contribution in [-0.2, 0) is 22.7 Å². The number of benzene rings is 2. The third kappa shape index (κ3) is 6.65. The molecule has 2 aromatic rings. The number of rotatable bonds is 9. The van der Waals surface area contributed by atoms with Crippen molar-refractivity contribution in [2.75, 3.05) is 13.7 Å². The van der Waals surface area contributed by atoms with Gasteiger partial charge in [-0.3, -0.25) is 0 Å². The van der Waals surface area contributed by atoms with E-state index < -0.39 is 8.07 Å². The van der Waals surface area contributed by atoms with Gasteiger partial charge in [-0.05, 0) is 29.8 Å². The number of hydrogen-bond donors (Lipinski definition) is 0. The molecule has 0 spiro atoms. The molecule has 26 heavy (non-hydrogen) atoms. The van der Waals surface area contributed by atoms with Crippen molar-refractivity contribution in [2.45, 2.75) is 38.9 Å². The van der Waals surface area contributed by atoms with Gasteiger partial charge in [0, 0.05) is 20.2 Å². The minimum atomic E-state index is -1.13. The van der Waals surface area contributed by atoms with Crippen LogP contribution in [0.5, 0.6) is 5.75 Å². The number of carbonyl (C=O) groups excluding carboxylic acids is 1. The van der Waals surface area contributed by atoms with Crippen molar-refractivity contribution in [3.63, 3.8) is 0 Å². The van der Waals surface area contributed by atoms with Gasteiger partial charge in [0.25, 0.3) is 0 Å². The first-order valence-corrected chi connectivity index (χ1v) is 12.6. The first-order valence-electron chi connectivity index (χ1n) is 8.85. The van der Waals surface area contributed by atoms with E-state index in [0.29, 0.717) is 18.8 Å². The Bertz CT molecular complexity index is 708. The molecule has 0 aliphatic rings. The summed E-state index contributed by atoms with van der Waals surface area (Å²) in [5, 5.41) is 0. The molecule has 0 N–H and O–H groups in total. The second kappa shape index (κ2) is 9.55. The standard InChI is InChI=1S/C21H28O4Si/c1-23-21(22)18-10-11-20(25-15-17-8-6-5-7-9-17)19(14-18)16-24-12-13-26(2,3)4/h5-11,14H,12-13,15-16H2,1-4H3. The van der Waals surface area contributed by atoms with Crippen molar-refractivity contribution in [3.05, 3.63) is 65.2 Å². The first-order chi connectivity index (χ1) is 12.4. The fourth-order valence-corrected chi connectivity index (χ4v) is 3.13. The van der Waals surface area contributed by atoms with Gasteiger partial charge in [0.2, 0.25) is 0 Å². The lowest BCUT2D eigenvalue weighted by atomic mass is 10.1. The van der Waals surface area contributed by atoms with E-state index >= 15 is 0 Å². The van der Waals surface area contributed by atoms with Crippen LogP contribution in [0, 0.1) is 0 Å². The molecule has 0 saturated carbocycles. The summed E-state index contributed by atoms with van der Waals surface area (Å²) in [6.07, 6.45) is 0. The molecule has 0 bridgehead atoms. The molecule has 2 aromatic carbocycles. The van der Waals surface area contributed by atoms with E-state index in [9.17, 15) is 4.79 Å². The number of esters is 1. The van der Waals surface area contributed by atoms with Crippen LogP contribution in [0.4, 0.5) is 0 Å². The van der Waals surface area contributed by atoms with Gasteiger partial charge < -0.3 is 14.2 Å². The number of methoxy groups -OCH3 is 1. The molecule has 0 atom stereocenters. The second-order valence-corrected chi connectivity index (χ2v) is 13.1. The fourth-order valence-electron chi connectivity index (χ4n) is 2.37. The molecule has 0 aliphatic heterocycles. The highest BCUT2D eigenvalue weighted by molar-refractivity contribution is 6.76. The van der Waals surface area contributed by atoms with Crippen molar-refractivity contribution < 1.29 is 19.0 Å². The average Bonchev–Trinajstić information content (AvgIpc) is 2.63. The van der Waals surface area contributed by atoms with Crippen molar-refractivity contribution in [1.82, 2.24) is 0 Å². The minimum Gasteiger partial charge on any atom is -0.489 e. The summed E-state index contributed by atoms with van der Waals surface area (Å²) in [5.41, 5.74) is 2.46. The highest BCUT2D eigenvalue weighted by Crippen LogP contribution is 2.23. The summed E-state index contributed by atoms with van der Waals surface area (Å²) in [5.74, 6) is 0.373. The van der Waals surface area contributed by atoms with Gasteiger partial charge in [-0.15, -0.1) is 0 Å². The first kappa shape index (κ1) is 20.2. The Morgan fingerprint density at radius 2 is 1.73 bits per heavy atom. The zero-order valence-electron chi connectivity index (χ0n) is 16.1. The Balaban J connectivity index is 2.08. The molecule has 0 unspecified atom stereocenters. The Morgan fingerprint density at radius 3 is 2.38 bits per heavy atom. The Kier molecular flexibility index (Phi) is 7.42. The molecule has 140 valence electrons. The molecule has 4 nitrogen and oxygen atoms in total. The summed E-state index contributed by atoms with van der Waals surface area (Å²) in [6, 6.07) is 16.4. The van der Waals surface area contributed by atoms with Gasteiger partial charge in [0.1, 0.15) is 12.4 Å². The molecule has 5 heteroatoms. The van der Waals surface area contributed by atoms with E-state index in [1.54, 1.807) is 12.1 Å². The fraction of sp³-hybridized carbons (Fsp3) is 0.381. The molecular formula is C21H28O4Si. The van der Waals surface area contributed by atoms with Crippen LogP contribution >= 0.6 is 0 Å². The third-order valence-electron chi connectivity index (χ3n) is 3.97. The largest absolute Gasteiger partial charge is 0.489 e. The van der Waals surface area contributed by atoms with Crippen LogP contribution in [0.1, 0.15) is 21.5 Å². The number of carbonyl (C=O) groups is 1. The predicted molar refractivity (Wildman–Crippen MR) is 106 cm³/mol. The quantitative estimate of drug-likeness (QED) is 0.356. The molecule has 0 heterocycles. The van der Waals surface area contributed by atoms with Crippen LogP contribution in [0.2, 0.25) is 25.7 Å². The molecule has 0 radical (unpaired) electrons. The Labute approximate surface area is 157 Å². The lowest BCUT2D eigenvalue weighted by Gasteiger charge is -2.17. The van der Waals surface area contributed by atoms with E-state index in [2.05, 4.69) is 19.6 Å². The Morgan fingerprint density at radius 1 is 1.00 bits per heavy atom. The van der Waals surface area contributed by atoms with E-state index in [0.717, 1.165) is 29.5 Å². The van der Waals surface area contributed by atoms with E-state index in [-0.39, 0.29) is 5.97 Å². The van der Waals surface area contributed by atoms with Gasteiger partial charge in [0.05, 0.1) is 19.3 Å². The van der Waals surface area contributed by atoms with Gasteiger partial charge >= 0.3 is 5.97 Å². The topological polar surface area (TPSA) is 44.8 Å². The van der Waals surface area contributed by atoms with Crippen molar-refractivity contribution in [1.29, 1.82) is 0 Å². The number of ether oxygens (including phenoxy) is 3. The zero-order chi connectivity index (χ0) is 19.0. The lowest BCUT2D eigenvalue weighted by molar-refractivity contribution is 0.0600. The maximum Gasteiger partial charge on any atom is 0.337 e. The molecule has 0 saturated heterocycles. The van der Waals surface area contributed by atoms with Gasteiger partial charge in [-0.25, -0.2) is 4.79 Å². The molecule has 2 rings (SSSR count). The maximum atomic E-state index is 11.8. The summed E-state index contributed by atoms with van der Waals surface area (Å²) < 4.78 is 16.6. The molecular weight excluding hydrogens is 344 g/mol. The summed E-state index contributed by atoms with van der Waals surface area (Å²) in [7, 11) is 0.248. The number of hydrogen-bond acceptors (Lipinski definition) is 4. The van der Waals surface area contributed by atoms with Crippen LogP contribution < -0.4 is 4.74 Å². The Hall–Kier alpha value is -2.11. The highest BCUT2D eigenvalue weighted by atomic mass is 28.3. The molecule has 0 aromatic heterocycles. The van der Waals surface area contributed by atoms with E-state index in [1.165, 1.54) is 7.11 Å². The molecule has 0 aliphatic carbocycles. The SMILES string of the molecule is COC(=O)c1ccc(OCc2ccccc2)c(COCC[Si](C)(C)C)c1. The van der Waals surface area contributed by atoms with Crippen LogP contribution in [0.3, 0.4) is 0 Å². The monoisotopic (exact) mass is 372 g/mol. The van der Waals surface area contributed by atoms with E-state index in [1.807, 2.05) is 36.4 Å². The van der Waals surface area contributed by atoms with E-state index in [4.69, 9.17) is 14.2 Å². The average molecular weight is 373 g/mol. The normalized spacial score (nSPS) is 11.2. The van der Waals surface area contributed by atoms with Gasteiger partial charge in [-0.2, -0.15) is 0 Å². The minimum absolute atomic E-state index is 0.358. The predicted octanol–water partition coefficient (Wildman–Crippen LogP) is 4.91. The van der Waals surface area contributed by atoms with Crippen LogP contribution in [0.15, 0.2) is 48.5 Å². The summed E-state index contributed by atoms with van der Waals surface area (Å²) in [4.78, 5) is 11.8. The van der Waals surface area contributed by atoms with Crippen LogP contribution in [-0.4, -0.2) is 27.8 Å². The van der Waals surface area contributed by atoms with Gasteiger partial charge in [0.15, 0.2) is 0 Å². The zero-order valence-corrected chi connectivity index (χ0v) is 17.1. The van der Waals surface area contributed by atoms with Gasteiger partial charge in [-0.1, -0.05) is 50.0 Å². The lowest BCUT2D eigenvalue weighted by Crippen LogP contribution is -2.21. The second-order valence-electron chi connectivity index (χ2n) is 7.45. The van der Waals surface area contributed by atoms with Crippen molar-refractivity contribution in [2.24, 2.45) is 0 Å². The third-order valence-corrected chi connectivity index (χ3v) is 5.68. The molecule has 0 fully saturated rings. The maximum absolute atomic E-state index is 11.8. The molecule has 0 amide bonds.